The van der Waals surface area contributed by atoms with Crippen LogP contribution >= 0.6 is 0 Å². The monoisotopic (exact) mass is 278 g/mol. The van der Waals surface area contributed by atoms with Crippen LogP contribution in [-0.4, -0.2) is 29.1 Å². The summed E-state index contributed by atoms with van der Waals surface area (Å²) >= 11 is 0. The lowest BCUT2D eigenvalue weighted by Gasteiger charge is -2.19. The highest BCUT2D eigenvalue weighted by atomic mass is 16.4. The quantitative estimate of drug-likeness (QED) is 0.698. The van der Waals surface area contributed by atoms with Crippen LogP contribution < -0.4 is 11.1 Å². The van der Waals surface area contributed by atoms with Gasteiger partial charge in [0.15, 0.2) is 0 Å². The Kier molecular flexibility index (Phi) is 6.18. The third kappa shape index (κ3) is 5.01. The number of carboxylic acids is 1. The third-order valence-corrected chi connectivity index (χ3v) is 3.20. The van der Waals surface area contributed by atoms with Crippen LogP contribution in [0.15, 0.2) is 30.3 Å². The normalized spacial score (nSPS) is 13.8. The molecule has 1 amide bonds. The van der Waals surface area contributed by atoms with E-state index < -0.39 is 24.0 Å². The Morgan fingerprint density at radius 1 is 1.25 bits per heavy atom. The summed E-state index contributed by atoms with van der Waals surface area (Å²) in [5.74, 6) is -1.48. The first kappa shape index (κ1) is 16.2. The van der Waals surface area contributed by atoms with Gasteiger partial charge < -0.3 is 16.2 Å². The van der Waals surface area contributed by atoms with Gasteiger partial charge in [0, 0.05) is 0 Å². The van der Waals surface area contributed by atoms with Crippen molar-refractivity contribution in [3.8, 4) is 0 Å². The molecule has 0 radical (unpaired) electrons. The van der Waals surface area contributed by atoms with Crippen LogP contribution in [0.2, 0.25) is 0 Å². The molecule has 20 heavy (non-hydrogen) atoms. The fraction of sp³-hybridized carbons (Fsp3) is 0.467. The molecule has 0 aliphatic heterocycles. The lowest BCUT2D eigenvalue weighted by molar-refractivity contribution is -0.142. The van der Waals surface area contributed by atoms with Gasteiger partial charge in [-0.2, -0.15) is 0 Å². The number of rotatable bonds is 7. The van der Waals surface area contributed by atoms with Crippen LogP contribution in [0.25, 0.3) is 0 Å². The molecule has 2 atom stereocenters. The van der Waals surface area contributed by atoms with Crippen molar-refractivity contribution < 1.29 is 14.7 Å². The SMILES string of the molecule is CC(C)[C@H](N)C(=O)NC(CCc1ccccc1)C(=O)O. The highest BCUT2D eigenvalue weighted by Gasteiger charge is 2.24. The summed E-state index contributed by atoms with van der Waals surface area (Å²) in [5, 5.41) is 11.7. The summed E-state index contributed by atoms with van der Waals surface area (Å²) in [6.45, 7) is 3.65. The molecular weight excluding hydrogens is 256 g/mol. The fourth-order valence-electron chi connectivity index (χ4n) is 1.78. The van der Waals surface area contributed by atoms with E-state index in [0.29, 0.717) is 12.8 Å². The molecule has 4 N–H and O–H groups in total. The van der Waals surface area contributed by atoms with Crippen molar-refractivity contribution in [3.63, 3.8) is 0 Å². The molecule has 0 bridgehead atoms. The molecule has 0 heterocycles. The summed E-state index contributed by atoms with van der Waals surface area (Å²) in [6.07, 6.45) is 0.935. The number of benzene rings is 1. The number of hydrogen-bond donors (Lipinski definition) is 3. The highest BCUT2D eigenvalue weighted by Crippen LogP contribution is 2.06. The molecule has 1 unspecified atom stereocenters. The van der Waals surface area contributed by atoms with E-state index in [1.54, 1.807) is 0 Å². The Hall–Kier alpha value is -1.88. The van der Waals surface area contributed by atoms with Gasteiger partial charge in [-0.1, -0.05) is 44.2 Å². The molecule has 0 saturated heterocycles. The summed E-state index contributed by atoms with van der Waals surface area (Å²) in [4.78, 5) is 23.0. The Balaban J connectivity index is 2.57. The number of aryl methyl sites for hydroxylation is 1. The highest BCUT2D eigenvalue weighted by molar-refractivity contribution is 5.86. The minimum Gasteiger partial charge on any atom is -0.480 e. The van der Waals surface area contributed by atoms with Gasteiger partial charge in [0.05, 0.1) is 6.04 Å². The van der Waals surface area contributed by atoms with E-state index in [1.807, 2.05) is 44.2 Å². The maximum Gasteiger partial charge on any atom is 0.326 e. The van der Waals surface area contributed by atoms with E-state index in [9.17, 15) is 9.59 Å². The number of carbonyl (C=O) groups is 2. The molecule has 5 nitrogen and oxygen atoms in total. The number of nitrogens with two attached hydrogens (primary N) is 1. The number of amides is 1. The zero-order valence-electron chi connectivity index (χ0n) is 11.9. The van der Waals surface area contributed by atoms with Crippen molar-refractivity contribution in [2.75, 3.05) is 0 Å². The van der Waals surface area contributed by atoms with Crippen molar-refractivity contribution in [3.05, 3.63) is 35.9 Å². The number of carbonyl (C=O) groups excluding carboxylic acids is 1. The fourth-order valence-corrected chi connectivity index (χ4v) is 1.78. The zero-order valence-corrected chi connectivity index (χ0v) is 11.9. The minimum absolute atomic E-state index is 0.0291. The second-order valence-electron chi connectivity index (χ2n) is 5.19. The van der Waals surface area contributed by atoms with Gasteiger partial charge in [0.2, 0.25) is 5.91 Å². The predicted molar refractivity (Wildman–Crippen MR) is 77.1 cm³/mol. The van der Waals surface area contributed by atoms with Gasteiger partial charge in [-0.25, -0.2) is 4.79 Å². The van der Waals surface area contributed by atoms with Crippen molar-refractivity contribution in [1.29, 1.82) is 0 Å². The van der Waals surface area contributed by atoms with Crippen LogP contribution in [-0.2, 0) is 16.0 Å². The van der Waals surface area contributed by atoms with Crippen LogP contribution in [0.5, 0.6) is 0 Å². The zero-order chi connectivity index (χ0) is 15.1. The summed E-state index contributed by atoms with van der Waals surface area (Å²) in [7, 11) is 0. The molecule has 1 aromatic carbocycles. The van der Waals surface area contributed by atoms with E-state index in [1.165, 1.54) is 0 Å². The van der Waals surface area contributed by atoms with Crippen molar-refractivity contribution >= 4 is 11.9 Å². The van der Waals surface area contributed by atoms with Gasteiger partial charge in [0.25, 0.3) is 0 Å². The largest absolute Gasteiger partial charge is 0.480 e. The number of nitrogens with one attached hydrogen (secondary N) is 1. The third-order valence-electron chi connectivity index (χ3n) is 3.20. The van der Waals surface area contributed by atoms with Crippen molar-refractivity contribution in [2.24, 2.45) is 11.7 Å². The molecular formula is C15H22N2O3. The van der Waals surface area contributed by atoms with Gasteiger partial charge in [-0.15, -0.1) is 0 Å². The van der Waals surface area contributed by atoms with E-state index in [-0.39, 0.29) is 5.92 Å². The topological polar surface area (TPSA) is 92.4 Å². The average molecular weight is 278 g/mol. The maximum atomic E-state index is 11.8. The van der Waals surface area contributed by atoms with Crippen molar-refractivity contribution in [1.82, 2.24) is 5.32 Å². The van der Waals surface area contributed by atoms with Gasteiger partial charge in [-0.3, -0.25) is 4.79 Å². The molecule has 0 saturated carbocycles. The lowest BCUT2D eigenvalue weighted by atomic mass is 10.0. The standard InChI is InChI=1S/C15H22N2O3/c1-10(2)13(16)14(18)17-12(15(19)20)9-8-11-6-4-3-5-7-11/h3-7,10,12-13H,8-9,16H2,1-2H3,(H,17,18)(H,19,20)/t12?,13-/m0/s1. The van der Waals surface area contributed by atoms with E-state index in [2.05, 4.69) is 5.32 Å². The van der Waals surface area contributed by atoms with Crippen LogP contribution in [0.4, 0.5) is 0 Å². The first-order valence-electron chi connectivity index (χ1n) is 6.74. The molecule has 0 fully saturated rings. The summed E-state index contributed by atoms with van der Waals surface area (Å²) < 4.78 is 0. The number of aliphatic carboxylic acids is 1. The number of carboxylic acid groups (broad SMARTS) is 1. The van der Waals surface area contributed by atoms with Crippen LogP contribution in [0.3, 0.4) is 0 Å². The molecule has 0 aliphatic rings. The molecule has 1 aromatic rings. The van der Waals surface area contributed by atoms with Gasteiger partial charge in [-0.05, 0) is 24.3 Å². The smallest absolute Gasteiger partial charge is 0.326 e. The Labute approximate surface area is 119 Å². The molecule has 0 aliphatic carbocycles. The molecule has 5 heteroatoms. The maximum absolute atomic E-state index is 11.8. The number of hydrogen-bond acceptors (Lipinski definition) is 3. The predicted octanol–water partition coefficient (Wildman–Crippen LogP) is 1.17. The minimum atomic E-state index is -1.04. The summed E-state index contributed by atoms with van der Waals surface area (Å²) in [5.41, 5.74) is 6.75. The summed E-state index contributed by atoms with van der Waals surface area (Å²) in [6, 6.07) is 7.97. The molecule has 1 rings (SSSR count). The molecule has 0 aromatic heterocycles. The van der Waals surface area contributed by atoms with Crippen molar-refractivity contribution in [2.45, 2.75) is 38.8 Å². The Bertz CT molecular complexity index is 446. The first-order chi connectivity index (χ1) is 9.41. The second-order valence-corrected chi connectivity index (χ2v) is 5.19. The first-order valence-corrected chi connectivity index (χ1v) is 6.74. The van der Waals surface area contributed by atoms with E-state index in [4.69, 9.17) is 10.8 Å². The average Bonchev–Trinajstić information content (AvgIpc) is 2.42. The van der Waals surface area contributed by atoms with Gasteiger partial charge in [0.1, 0.15) is 6.04 Å². The molecule has 0 spiro atoms. The Morgan fingerprint density at radius 2 is 1.85 bits per heavy atom. The Morgan fingerprint density at radius 3 is 2.35 bits per heavy atom. The van der Waals surface area contributed by atoms with Crippen LogP contribution in [0, 0.1) is 5.92 Å². The second kappa shape index (κ2) is 7.65. The van der Waals surface area contributed by atoms with E-state index in [0.717, 1.165) is 5.56 Å². The van der Waals surface area contributed by atoms with E-state index >= 15 is 0 Å². The van der Waals surface area contributed by atoms with Crippen LogP contribution in [0.1, 0.15) is 25.8 Å². The van der Waals surface area contributed by atoms with Gasteiger partial charge >= 0.3 is 5.97 Å². The lowest BCUT2D eigenvalue weighted by Crippen LogP contribution is -2.50. The molecule has 110 valence electrons.